The highest BCUT2D eigenvalue weighted by atomic mass is 19.3. The summed E-state index contributed by atoms with van der Waals surface area (Å²) in [4.78, 5) is 24.0. The number of fused-ring (bicyclic) bond motifs is 1. The van der Waals surface area contributed by atoms with Crippen molar-refractivity contribution in [1.29, 1.82) is 0 Å². The Morgan fingerprint density at radius 1 is 1.21 bits per heavy atom. The van der Waals surface area contributed by atoms with Crippen molar-refractivity contribution in [2.45, 2.75) is 26.9 Å². The summed E-state index contributed by atoms with van der Waals surface area (Å²) in [5.74, 6) is -1.04. The van der Waals surface area contributed by atoms with Crippen molar-refractivity contribution in [2.75, 3.05) is 0 Å². The van der Waals surface area contributed by atoms with Gasteiger partial charge in [-0.15, -0.1) is 5.10 Å². The number of benzene rings is 1. The SMILES string of the molecule is CCn1c(=O)ccc2cc(F)c(-n3nc(C)n(C(F)F)c3=O)cc21. The van der Waals surface area contributed by atoms with Crippen LogP contribution in [-0.2, 0) is 6.54 Å². The molecule has 0 aliphatic heterocycles. The van der Waals surface area contributed by atoms with Crippen LogP contribution in [0.1, 0.15) is 19.3 Å². The van der Waals surface area contributed by atoms with Crippen molar-refractivity contribution < 1.29 is 13.2 Å². The molecule has 0 atom stereocenters. The Hall–Kier alpha value is -2.84. The molecule has 0 spiro atoms. The van der Waals surface area contributed by atoms with Gasteiger partial charge in [-0.05, 0) is 32.0 Å². The van der Waals surface area contributed by atoms with Gasteiger partial charge in [-0.2, -0.15) is 13.5 Å². The number of pyridine rings is 1. The summed E-state index contributed by atoms with van der Waals surface area (Å²) in [5.41, 5.74) is -1.34. The fourth-order valence-corrected chi connectivity index (χ4v) is 2.65. The molecule has 126 valence electrons. The van der Waals surface area contributed by atoms with Gasteiger partial charge in [0, 0.05) is 18.0 Å². The van der Waals surface area contributed by atoms with Crippen LogP contribution in [0, 0.1) is 12.7 Å². The Bertz CT molecular complexity index is 1050. The quantitative estimate of drug-likeness (QED) is 0.736. The van der Waals surface area contributed by atoms with Crippen LogP contribution in [0.4, 0.5) is 13.2 Å². The van der Waals surface area contributed by atoms with Gasteiger partial charge in [-0.25, -0.2) is 13.8 Å². The summed E-state index contributed by atoms with van der Waals surface area (Å²) in [7, 11) is 0. The van der Waals surface area contributed by atoms with Crippen LogP contribution in [0.25, 0.3) is 16.6 Å². The molecule has 0 aliphatic rings. The smallest absolute Gasteiger partial charge is 0.308 e. The lowest BCUT2D eigenvalue weighted by Crippen LogP contribution is -2.25. The van der Waals surface area contributed by atoms with E-state index in [-0.39, 0.29) is 21.6 Å². The molecule has 3 rings (SSSR count). The predicted molar refractivity (Wildman–Crippen MR) is 81.2 cm³/mol. The molecule has 2 heterocycles. The minimum Gasteiger partial charge on any atom is -0.308 e. The van der Waals surface area contributed by atoms with Crippen LogP contribution >= 0.6 is 0 Å². The molecule has 0 radical (unpaired) electrons. The van der Waals surface area contributed by atoms with E-state index in [1.54, 1.807) is 6.92 Å². The summed E-state index contributed by atoms with van der Waals surface area (Å²) in [6.07, 6.45) is 0. The van der Waals surface area contributed by atoms with Crippen molar-refractivity contribution in [3.05, 3.63) is 56.7 Å². The van der Waals surface area contributed by atoms with Crippen LogP contribution in [0.15, 0.2) is 33.9 Å². The van der Waals surface area contributed by atoms with E-state index in [1.165, 1.54) is 29.7 Å². The Balaban J connectivity index is 2.35. The molecule has 0 N–H and O–H groups in total. The topological polar surface area (TPSA) is 61.8 Å². The average molecular weight is 338 g/mol. The zero-order chi connectivity index (χ0) is 17.6. The molecule has 0 amide bonds. The van der Waals surface area contributed by atoms with Crippen molar-refractivity contribution >= 4 is 10.9 Å². The van der Waals surface area contributed by atoms with Crippen molar-refractivity contribution in [3.63, 3.8) is 0 Å². The third-order valence-electron chi connectivity index (χ3n) is 3.78. The number of aryl methyl sites for hydroxylation is 2. The van der Waals surface area contributed by atoms with Crippen molar-refractivity contribution in [1.82, 2.24) is 18.9 Å². The highest BCUT2D eigenvalue weighted by Gasteiger charge is 2.20. The van der Waals surface area contributed by atoms with E-state index in [4.69, 9.17) is 0 Å². The van der Waals surface area contributed by atoms with Crippen LogP contribution in [-0.4, -0.2) is 18.9 Å². The van der Waals surface area contributed by atoms with Crippen LogP contribution in [0.2, 0.25) is 0 Å². The lowest BCUT2D eigenvalue weighted by atomic mass is 10.2. The Labute approximate surface area is 133 Å². The average Bonchev–Trinajstić information content (AvgIpc) is 2.81. The summed E-state index contributed by atoms with van der Waals surface area (Å²) in [6, 6.07) is 5.17. The van der Waals surface area contributed by atoms with Gasteiger partial charge in [-0.3, -0.25) is 4.79 Å². The molecule has 0 fully saturated rings. The Morgan fingerprint density at radius 2 is 1.92 bits per heavy atom. The predicted octanol–water partition coefficient (Wildman–Crippen LogP) is 2.21. The number of aromatic nitrogens is 4. The first-order valence-corrected chi connectivity index (χ1v) is 7.15. The maximum atomic E-state index is 14.4. The Kier molecular flexibility index (Phi) is 3.78. The summed E-state index contributed by atoms with van der Waals surface area (Å²) < 4.78 is 42.3. The number of alkyl halides is 2. The van der Waals surface area contributed by atoms with Crippen molar-refractivity contribution in [3.8, 4) is 5.69 Å². The van der Waals surface area contributed by atoms with Crippen LogP contribution in [0.5, 0.6) is 0 Å². The number of hydrogen-bond donors (Lipinski definition) is 0. The third kappa shape index (κ3) is 2.32. The molecule has 0 saturated carbocycles. The maximum Gasteiger partial charge on any atom is 0.355 e. The molecule has 1 aromatic carbocycles. The largest absolute Gasteiger partial charge is 0.355 e. The molecule has 0 unspecified atom stereocenters. The van der Waals surface area contributed by atoms with E-state index in [9.17, 15) is 22.8 Å². The highest BCUT2D eigenvalue weighted by Crippen LogP contribution is 2.21. The summed E-state index contributed by atoms with van der Waals surface area (Å²) >= 11 is 0. The summed E-state index contributed by atoms with van der Waals surface area (Å²) in [5, 5.41) is 4.16. The lowest BCUT2D eigenvalue weighted by molar-refractivity contribution is 0.0640. The van der Waals surface area contributed by atoms with Gasteiger partial charge in [0.1, 0.15) is 17.3 Å². The number of halogens is 3. The number of nitrogens with zero attached hydrogens (tertiary/aromatic N) is 4. The minimum absolute atomic E-state index is 0.168. The fourth-order valence-electron chi connectivity index (χ4n) is 2.65. The molecule has 0 saturated heterocycles. The second kappa shape index (κ2) is 5.66. The van der Waals surface area contributed by atoms with E-state index < -0.39 is 18.1 Å². The van der Waals surface area contributed by atoms with E-state index in [0.717, 1.165) is 6.07 Å². The fraction of sp³-hybridized carbons (Fsp3) is 0.267. The lowest BCUT2D eigenvalue weighted by Gasteiger charge is -2.10. The molecule has 2 aromatic heterocycles. The van der Waals surface area contributed by atoms with Gasteiger partial charge in [0.25, 0.3) is 5.56 Å². The molecule has 3 aromatic rings. The van der Waals surface area contributed by atoms with Gasteiger partial charge < -0.3 is 4.57 Å². The van der Waals surface area contributed by atoms with E-state index in [0.29, 0.717) is 22.1 Å². The van der Waals surface area contributed by atoms with Gasteiger partial charge in [0.15, 0.2) is 0 Å². The number of rotatable bonds is 3. The Morgan fingerprint density at radius 3 is 2.50 bits per heavy atom. The first-order chi connectivity index (χ1) is 11.3. The minimum atomic E-state index is -3.08. The molecule has 9 heteroatoms. The standard InChI is InChI=1S/C15H13F3N4O2/c1-3-20-11-7-12(10(16)6-9(11)4-5-13(20)23)22-15(24)21(14(17)18)8(2)19-22/h4-7,14H,3H2,1-2H3. The van der Waals surface area contributed by atoms with Gasteiger partial charge in [0.05, 0.1) is 5.52 Å². The van der Waals surface area contributed by atoms with Crippen LogP contribution in [0.3, 0.4) is 0 Å². The van der Waals surface area contributed by atoms with Gasteiger partial charge in [0.2, 0.25) is 0 Å². The zero-order valence-electron chi connectivity index (χ0n) is 12.8. The van der Waals surface area contributed by atoms with E-state index >= 15 is 0 Å². The normalized spacial score (nSPS) is 11.6. The third-order valence-corrected chi connectivity index (χ3v) is 3.78. The second-order valence-electron chi connectivity index (χ2n) is 5.17. The van der Waals surface area contributed by atoms with E-state index in [1.807, 2.05) is 0 Å². The zero-order valence-corrected chi connectivity index (χ0v) is 12.8. The monoisotopic (exact) mass is 338 g/mol. The molecule has 6 nitrogen and oxygen atoms in total. The highest BCUT2D eigenvalue weighted by molar-refractivity contribution is 5.81. The van der Waals surface area contributed by atoms with Gasteiger partial charge >= 0.3 is 12.2 Å². The van der Waals surface area contributed by atoms with Crippen LogP contribution < -0.4 is 11.2 Å². The number of hydrogen-bond acceptors (Lipinski definition) is 3. The summed E-state index contributed by atoms with van der Waals surface area (Å²) in [6.45, 7) is 0.223. The second-order valence-corrected chi connectivity index (χ2v) is 5.17. The maximum absolute atomic E-state index is 14.4. The molecule has 0 aliphatic carbocycles. The molecule has 24 heavy (non-hydrogen) atoms. The first-order valence-electron chi connectivity index (χ1n) is 7.15. The van der Waals surface area contributed by atoms with Gasteiger partial charge in [-0.1, -0.05) is 0 Å². The molecular formula is C15H13F3N4O2. The van der Waals surface area contributed by atoms with Crippen molar-refractivity contribution in [2.24, 2.45) is 0 Å². The first kappa shape index (κ1) is 16.0. The molecule has 0 bridgehead atoms. The molecular weight excluding hydrogens is 325 g/mol. The van der Waals surface area contributed by atoms with E-state index in [2.05, 4.69) is 5.10 Å².